The SMILES string of the molecule is COCCSNC1CCC2=C(c3cnc(-c4ccc(OC(C)C)c(C#N)c4)s3)CC=CC=C21. The quantitative estimate of drug-likeness (QED) is 0.343. The van der Waals surface area contributed by atoms with E-state index >= 15 is 0 Å². The molecule has 0 bridgehead atoms. The lowest BCUT2D eigenvalue weighted by Crippen LogP contribution is -2.22. The van der Waals surface area contributed by atoms with Crippen LogP contribution in [0.4, 0.5) is 0 Å². The number of methoxy groups -OCH3 is 1. The van der Waals surface area contributed by atoms with Gasteiger partial charge in [-0.1, -0.05) is 30.2 Å². The van der Waals surface area contributed by atoms with Gasteiger partial charge in [0.2, 0.25) is 0 Å². The van der Waals surface area contributed by atoms with Gasteiger partial charge in [-0.3, -0.25) is 4.72 Å². The smallest absolute Gasteiger partial charge is 0.137 e. The molecule has 2 aliphatic rings. The van der Waals surface area contributed by atoms with Gasteiger partial charge in [-0.2, -0.15) is 5.26 Å². The molecule has 33 heavy (non-hydrogen) atoms. The van der Waals surface area contributed by atoms with E-state index in [0.717, 1.165) is 42.2 Å². The first-order valence-electron chi connectivity index (χ1n) is 11.2. The van der Waals surface area contributed by atoms with Crippen LogP contribution in [-0.4, -0.2) is 36.6 Å². The molecule has 1 aromatic heterocycles. The van der Waals surface area contributed by atoms with Gasteiger partial charge in [-0.15, -0.1) is 11.3 Å². The molecule has 1 N–H and O–H groups in total. The minimum absolute atomic E-state index is 0.0245. The van der Waals surface area contributed by atoms with E-state index in [2.05, 4.69) is 29.0 Å². The number of hydrogen-bond donors (Lipinski definition) is 1. The molecule has 0 aliphatic heterocycles. The number of nitrogens with zero attached hydrogens (tertiary/aromatic N) is 2. The van der Waals surface area contributed by atoms with Crippen LogP contribution >= 0.6 is 23.3 Å². The summed E-state index contributed by atoms with van der Waals surface area (Å²) >= 11 is 3.43. The fraction of sp³-hybridized carbons (Fsp3) is 0.385. The zero-order valence-corrected chi connectivity index (χ0v) is 20.9. The Hall–Kier alpha value is -2.37. The molecular formula is C26H29N3O2S2. The highest BCUT2D eigenvalue weighted by Crippen LogP contribution is 2.42. The van der Waals surface area contributed by atoms with Crippen LogP contribution in [0.2, 0.25) is 0 Å². The topological polar surface area (TPSA) is 67.2 Å². The lowest BCUT2D eigenvalue weighted by Gasteiger charge is -2.14. The standard InChI is InChI=1S/C26H29N3O2S2/c1-17(2)31-24-11-8-18(14-19(24)15-27)26-28-16-25(33-26)22-7-5-4-6-21-20(22)9-10-23(21)29-32-13-12-30-3/h4-6,8,11,14,16-17,23,29H,7,9-10,12-13H2,1-3H3. The van der Waals surface area contributed by atoms with Crippen molar-refractivity contribution >= 4 is 28.9 Å². The highest BCUT2D eigenvalue weighted by molar-refractivity contribution is 7.97. The number of nitriles is 1. The van der Waals surface area contributed by atoms with Crippen molar-refractivity contribution in [3.8, 4) is 22.4 Å². The van der Waals surface area contributed by atoms with Crippen LogP contribution in [0.1, 0.15) is 43.6 Å². The van der Waals surface area contributed by atoms with E-state index in [4.69, 9.17) is 14.5 Å². The van der Waals surface area contributed by atoms with E-state index in [0.29, 0.717) is 17.4 Å². The van der Waals surface area contributed by atoms with E-state index < -0.39 is 0 Å². The Bertz CT molecular complexity index is 1120. The molecule has 1 saturated carbocycles. The van der Waals surface area contributed by atoms with Crippen LogP contribution in [0.5, 0.6) is 5.75 Å². The second-order valence-corrected chi connectivity index (χ2v) is 10.2. The third kappa shape index (κ3) is 5.59. The summed E-state index contributed by atoms with van der Waals surface area (Å²) in [7, 11) is 1.74. The summed E-state index contributed by atoms with van der Waals surface area (Å²) in [6.07, 6.45) is 11.8. The van der Waals surface area contributed by atoms with Gasteiger partial charge >= 0.3 is 0 Å². The number of thiazole rings is 1. The van der Waals surface area contributed by atoms with Crippen LogP contribution in [0, 0.1) is 11.3 Å². The summed E-state index contributed by atoms with van der Waals surface area (Å²) in [5.41, 5.74) is 5.69. The molecule has 4 rings (SSSR count). The Balaban J connectivity index is 1.57. The Morgan fingerprint density at radius 2 is 2.21 bits per heavy atom. The van der Waals surface area contributed by atoms with Gasteiger partial charge in [0, 0.05) is 30.7 Å². The molecule has 5 nitrogen and oxygen atoms in total. The second kappa shape index (κ2) is 11.2. The van der Waals surface area contributed by atoms with Gasteiger partial charge in [0.1, 0.15) is 16.8 Å². The number of hydrogen-bond acceptors (Lipinski definition) is 7. The van der Waals surface area contributed by atoms with E-state index in [1.165, 1.54) is 21.6 Å². The Morgan fingerprint density at radius 3 is 3.00 bits per heavy atom. The van der Waals surface area contributed by atoms with Crippen molar-refractivity contribution < 1.29 is 9.47 Å². The third-order valence-corrected chi connectivity index (χ3v) is 7.56. The summed E-state index contributed by atoms with van der Waals surface area (Å²) in [6.45, 7) is 4.67. The Morgan fingerprint density at radius 1 is 1.33 bits per heavy atom. The van der Waals surface area contributed by atoms with Crippen molar-refractivity contribution in [2.75, 3.05) is 19.5 Å². The molecule has 1 atom stereocenters. The maximum absolute atomic E-state index is 9.58. The molecule has 1 aromatic carbocycles. The van der Waals surface area contributed by atoms with Crippen LogP contribution in [0.25, 0.3) is 16.1 Å². The number of aromatic nitrogens is 1. The number of rotatable bonds is 9. The van der Waals surface area contributed by atoms with E-state index in [9.17, 15) is 5.26 Å². The summed E-state index contributed by atoms with van der Waals surface area (Å²) in [4.78, 5) is 5.92. The molecule has 0 radical (unpaired) electrons. The number of allylic oxidation sites excluding steroid dienone is 4. The summed E-state index contributed by atoms with van der Waals surface area (Å²) < 4.78 is 14.5. The van der Waals surface area contributed by atoms with Crippen molar-refractivity contribution in [3.63, 3.8) is 0 Å². The van der Waals surface area contributed by atoms with Crippen LogP contribution in [-0.2, 0) is 4.74 Å². The first kappa shape index (κ1) is 23.8. The minimum Gasteiger partial charge on any atom is -0.490 e. The zero-order valence-electron chi connectivity index (χ0n) is 19.3. The van der Waals surface area contributed by atoms with Crippen LogP contribution in [0.15, 0.2) is 53.8 Å². The highest BCUT2D eigenvalue weighted by Gasteiger charge is 2.29. The van der Waals surface area contributed by atoms with Gasteiger partial charge in [0.05, 0.1) is 23.2 Å². The molecule has 2 aliphatic carbocycles. The van der Waals surface area contributed by atoms with Gasteiger partial charge in [-0.25, -0.2) is 4.98 Å². The highest BCUT2D eigenvalue weighted by atomic mass is 32.2. The lowest BCUT2D eigenvalue weighted by molar-refractivity contribution is 0.218. The van der Waals surface area contributed by atoms with Crippen molar-refractivity contribution in [3.05, 3.63) is 64.2 Å². The molecule has 172 valence electrons. The minimum atomic E-state index is 0.0245. The number of fused-ring (bicyclic) bond motifs is 1. The Kier molecular flexibility index (Phi) is 8.05. The van der Waals surface area contributed by atoms with Crippen molar-refractivity contribution in [1.82, 2.24) is 9.71 Å². The molecule has 2 aromatic rings. The normalized spacial score (nSPS) is 17.7. The van der Waals surface area contributed by atoms with Crippen LogP contribution < -0.4 is 9.46 Å². The van der Waals surface area contributed by atoms with Gasteiger partial charge in [-0.05, 0) is 68.0 Å². The summed E-state index contributed by atoms with van der Waals surface area (Å²) in [5.74, 6) is 1.56. The van der Waals surface area contributed by atoms with Crippen molar-refractivity contribution in [1.29, 1.82) is 5.26 Å². The van der Waals surface area contributed by atoms with Crippen LogP contribution in [0.3, 0.4) is 0 Å². The number of benzene rings is 1. The van der Waals surface area contributed by atoms with Crippen molar-refractivity contribution in [2.24, 2.45) is 0 Å². The molecule has 1 heterocycles. The van der Waals surface area contributed by atoms with Gasteiger partial charge in [0.25, 0.3) is 0 Å². The lowest BCUT2D eigenvalue weighted by atomic mass is 10.00. The fourth-order valence-corrected chi connectivity index (χ4v) is 5.94. The predicted molar refractivity (Wildman–Crippen MR) is 137 cm³/mol. The first-order valence-corrected chi connectivity index (χ1v) is 13.0. The largest absolute Gasteiger partial charge is 0.490 e. The number of nitrogens with one attached hydrogen (secondary N) is 1. The maximum atomic E-state index is 9.58. The Labute approximate surface area is 204 Å². The molecule has 7 heteroatoms. The third-order valence-electron chi connectivity index (χ3n) is 5.63. The molecule has 1 unspecified atom stereocenters. The summed E-state index contributed by atoms with van der Waals surface area (Å²) in [5, 5.41) is 10.5. The van der Waals surface area contributed by atoms with E-state index in [1.807, 2.05) is 38.2 Å². The number of ether oxygens (including phenoxy) is 2. The van der Waals surface area contributed by atoms with Gasteiger partial charge in [0.15, 0.2) is 0 Å². The van der Waals surface area contributed by atoms with E-state index in [-0.39, 0.29) is 6.10 Å². The van der Waals surface area contributed by atoms with Crippen molar-refractivity contribution in [2.45, 2.75) is 45.3 Å². The molecular weight excluding hydrogens is 450 g/mol. The average Bonchev–Trinajstić information content (AvgIpc) is 3.39. The summed E-state index contributed by atoms with van der Waals surface area (Å²) in [6, 6.07) is 8.36. The average molecular weight is 480 g/mol. The molecule has 0 amide bonds. The fourth-order valence-electron chi connectivity index (χ4n) is 4.13. The predicted octanol–water partition coefficient (Wildman–Crippen LogP) is 6.16. The molecule has 0 spiro atoms. The molecule has 1 fully saturated rings. The molecule has 0 saturated heterocycles. The monoisotopic (exact) mass is 479 g/mol. The van der Waals surface area contributed by atoms with Gasteiger partial charge < -0.3 is 9.47 Å². The zero-order chi connectivity index (χ0) is 23.2. The van der Waals surface area contributed by atoms with E-state index in [1.54, 1.807) is 30.4 Å². The first-order chi connectivity index (χ1) is 16.1. The second-order valence-electron chi connectivity index (χ2n) is 8.28. The maximum Gasteiger partial charge on any atom is 0.137 e.